The van der Waals surface area contributed by atoms with E-state index in [1.54, 1.807) is 12.4 Å². The van der Waals surface area contributed by atoms with Gasteiger partial charge in [-0.05, 0) is 72.5 Å². The van der Waals surface area contributed by atoms with Crippen LogP contribution >= 0.6 is 23.2 Å². The largest absolute Gasteiger partial charge is 0.461 e. The van der Waals surface area contributed by atoms with Crippen molar-refractivity contribution in [1.82, 2.24) is 19.1 Å². The predicted molar refractivity (Wildman–Crippen MR) is 228 cm³/mol. The normalized spacial score (nSPS) is 11.5. The summed E-state index contributed by atoms with van der Waals surface area (Å²) >= 11 is 12.5. The highest BCUT2D eigenvalue weighted by atomic mass is 35.5. The lowest BCUT2D eigenvalue weighted by molar-refractivity contribution is 0.0484. The van der Waals surface area contributed by atoms with Crippen LogP contribution in [-0.2, 0) is 22.6 Å². The summed E-state index contributed by atoms with van der Waals surface area (Å²) in [7, 11) is 0. The highest BCUT2D eigenvalue weighted by Crippen LogP contribution is 2.32. The SMILES string of the molecule is O=C(OCCCCCCCCCOC(=O)c1cc2c3ccccc3n(Cc3cccc(Cl)c3)c2cn1)c1cc2c3ccccc3n(Cc3cccc(Cl)c3)c2cn1. The Bertz CT molecular complexity index is 2540. The summed E-state index contributed by atoms with van der Waals surface area (Å²) in [5.74, 6) is -0.817. The van der Waals surface area contributed by atoms with Gasteiger partial charge in [0.2, 0.25) is 0 Å². The Morgan fingerprint density at radius 2 is 0.895 bits per heavy atom. The van der Waals surface area contributed by atoms with Crippen molar-refractivity contribution in [2.45, 2.75) is 58.0 Å². The summed E-state index contributed by atoms with van der Waals surface area (Å²) < 4.78 is 15.6. The zero-order valence-electron chi connectivity index (χ0n) is 31.5. The molecule has 0 unspecified atom stereocenters. The summed E-state index contributed by atoms with van der Waals surface area (Å²) in [6.45, 7) is 1.99. The van der Waals surface area contributed by atoms with E-state index < -0.39 is 11.9 Å². The van der Waals surface area contributed by atoms with Crippen LogP contribution in [-0.4, -0.2) is 44.3 Å². The molecule has 288 valence electrons. The number of rotatable bonds is 16. The molecule has 8 nitrogen and oxygen atoms in total. The van der Waals surface area contributed by atoms with Crippen molar-refractivity contribution >= 4 is 78.8 Å². The minimum atomic E-state index is -0.409. The lowest BCUT2D eigenvalue weighted by Crippen LogP contribution is -2.09. The maximum Gasteiger partial charge on any atom is 0.356 e. The molecule has 0 saturated heterocycles. The van der Waals surface area contributed by atoms with Crippen molar-refractivity contribution in [3.8, 4) is 0 Å². The third kappa shape index (κ3) is 8.68. The third-order valence-electron chi connectivity index (χ3n) is 10.5. The van der Waals surface area contributed by atoms with Crippen LogP contribution < -0.4 is 0 Å². The molecule has 0 bridgehead atoms. The average Bonchev–Trinajstić information content (AvgIpc) is 3.71. The van der Waals surface area contributed by atoms with Gasteiger partial charge in [-0.15, -0.1) is 0 Å². The molecule has 10 heteroatoms. The summed E-state index contributed by atoms with van der Waals surface area (Å²) in [6.07, 6.45) is 10.2. The number of carbonyl (C=O) groups is 2. The van der Waals surface area contributed by atoms with Crippen LogP contribution in [0.5, 0.6) is 0 Å². The molecule has 0 fully saturated rings. The number of esters is 2. The van der Waals surface area contributed by atoms with E-state index in [1.807, 2.05) is 72.8 Å². The fourth-order valence-electron chi connectivity index (χ4n) is 7.66. The van der Waals surface area contributed by atoms with Crippen molar-refractivity contribution in [2.75, 3.05) is 13.2 Å². The van der Waals surface area contributed by atoms with Gasteiger partial charge in [0, 0.05) is 55.7 Å². The first-order valence-electron chi connectivity index (χ1n) is 19.5. The second-order valence-electron chi connectivity index (χ2n) is 14.4. The minimum absolute atomic E-state index is 0.308. The number of aromatic nitrogens is 4. The van der Waals surface area contributed by atoms with Crippen molar-refractivity contribution in [3.63, 3.8) is 0 Å². The molecular weight excluding hydrogens is 755 g/mol. The van der Waals surface area contributed by atoms with Gasteiger partial charge in [-0.2, -0.15) is 0 Å². The second kappa shape index (κ2) is 17.6. The molecule has 0 N–H and O–H groups in total. The molecule has 8 aromatic rings. The van der Waals surface area contributed by atoms with Gasteiger partial charge in [0.1, 0.15) is 11.4 Å². The second-order valence-corrected chi connectivity index (χ2v) is 15.3. The lowest BCUT2D eigenvalue weighted by atomic mass is 10.1. The van der Waals surface area contributed by atoms with Gasteiger partial charge in [0.15, 0.2) is 0 Å². The third-order valence-corrected chi connectivity index (χ3v) is 10.9. The number of carbonyl (C=O) groups excluding carboxylic acids is 2. The number of hydrogen-bond donors (Lipinski definition) is 0. The van der Waals surface area contributed by atoms with E-state index in [9.17, 15) is 9.59 Å². The Kier molecular flexibility index (Phi) is 11.8. The molecule has 0 radical (unpaired) electrons. The number of para-hydroxylation sites is 2. The highest BCUT2D eigenvalue weighted by molar-refractivity contribution is 6.31. The maximum atomic E-state index is 13.0. The Morgan fingerprint density at radius 1 is 0.474 bits per heavy atom. The summed E-state index contributed by atoms with van der Waals surface area (Å²) in [5.41, 5.74) is 6.83. The fourth-order valence-corrected chi connectivity index (χ4v) is 8.08. The van der Waals surface area contributed by atoms with Crippen molar-refractivity contribution in [2.24, 2.45) is 0 Å². The molecule has 0 aliphatic heterocycles. The van der Waals surface area contributed by atoms with Gasteiger partial charge < -0.3 is 18.6 Å². The molecule has 57 heavy (non-hydrogen) atoms. The number of benzene rings is 4. The smallest absolute Gasteiger partial charge is 0.356 e. The fraction of sp³-hybridized carbons (Fsp3) is 0.234. The van der Waals surface area contributed by atoms with Gasteiger partial charge in [-0.3, -0.25) is 0 Å². The topological polar surface area (TPSA) is 88.2 Å². The zero-order chi connectivity index (χ0) is 39.1. The molecule has 4 heterocycles. The first kappa shape index (κ1) is 38.2. The van der Waals surface area contributed by atoms with Gasteiger partial charge >= 0.3 is 11.9 Å². The van der Waals surface area contributed by atoms with E-state index in [4.69, 9.17) is 32.7 Å². The Hall–Kier alpha value is -5.70. The molecule has 0 atom stereocenters. The number of pyridine rings is 2. The van der Waals surface area contributed by atoms with Gasteiger partial charge in [0.25, 0.3) is 0 Å². The summed E-state index contributed by atoms with van der Waals surface area (Å²) in [4.78, 5) is 34.9. The summed E-state index contributed by atoms with van der Waals surface area (Å²) in [5, 5.41) is 5.45. The molecule has 0 saturated carbocycles. The minimum Gasteiger partial charge on any atom is -0.461 e. The first-order chi connectivity index (χ1) is 27.9. The van der Waals surface area contributed by atoms with E-state index in [0.717, 1.165) is 99.7 Å². The number of halogens is 2. The van der Waals surface area contributed by atoms with Gasteiger partial charge in [0.05, 0.1) is 36.6 Å². The van der Waals surface area contributed by atoms with Gasteiger partial charge in [-0.25, -0.2) is 19.6 Å². The highest BCUT2D eigenvalue weighted by Gasteiger charge is 2.18. The molecule has 0 aliphatic carbocycles. The van der Waals surface area contributed by atoms with Crippen LogP contribution in [0.15, 0.2) is 122 Å². The van der Waals surface area contributed by atoms with E-state index >= 15 is 0 Å². The van der Waals surface area contributed by atoms with Crippen LogP contribution in [0, 0.1) is 0 Å². The monoisotopic (exact) mass is 796 g/mol. The number of unbranched alkanes of at least 4 members (excludes halogenated alkanes) is 6. The number of hydrogen-bond acceptors (Lipinski definition) is 6. The predicted octanol–water partition coefficient (Wildman–Crippen LogP) is 11.8. The van der Waals surface area contributed by atoms with Crippen molar-refractivity contribution in [3.05, 3.63) is 154 Å². The van der Waals surface area contributed by atoms with Crippen LogP contribution in [0.3, 0.4) is 0 Å². The molecule has 0 amide bonds. The maximum absolute atomic E-state index is 13.0. The number of nitrogens with zero attached hydrogens (tertiary/aromatic N) is 4. The zero-order valence-corrected chi connectivity index (χ0v) is 33.0. The van der Waals surface area contributed by atoms with E-state index in [0.29, 0.717) is 47.7 Å². The summed E-state index contributed by atoms with van der Waals surface area (Å²) in [6, 6.07) is 35.7. The van der Waals surface area contributed by atoms with Crippen LogP contribution in [0.1, 0.15) is 77.0 Å². The van der Waals surface area contributed by atoms with E-state index in [1.165, 1.54) is 0 Å². The Balaban J connectivity index is 0.755. The van der Waals surface area contributed by atoms with Crippen molar-refractivity contribution < 1.29 is 19.1 Å². The number of ether oxygens (including phenoxy) is 2. The van der Waals surface area contributed by atoms with E-state index in [2.05, 4.69) is 55.5 Å². The number of fused-ring (bicyclic) bond motifs is 6. The molecule has 0 spiro atoms. The van der Waals surface area contributed by atoms with Crippen LogP contribution in [0.2, 0.25) is 10.0 Å². The first-order valence-corrected chi connectivity index (χ1v) is 20.3. The Morgan fingerprint density at radius 3 is 1.33 bits per heavy atom. The Labute approximate surface area is 341 Å². The molecule has 4 aromatic heterocycles. The average molecular weight is 798 g/mol. The van der Waals surface area contributed by atoms with Gasteiger partial charge in [-0.1, -0.05) is 116 Å². The van der Waals surface area contributed by atoms with Crippen LogP contribution in [0.4, 0.5) is 0 Å². The standard InChI is InChI=1S/C47H42Cl2N4O4/c48-34-16-12-14-32(24-34)30-52-42-20-8-6-18-36(42)38-26-40(50-28-44(38)52)46(54)56-22-10-4-2-1-3-5-11-23-57-47(55)41-27-39-37-19-7-9-21-43(37)53(45(39)29-51-41)31-33-15-13-17-35(49)25-33/h6-9,12-21,24-29H,1-5,10-11,22-23,30-31H2. The molecule has 0 aliphatic rings. The molecule has 4 aromatic carbocycles. The van der Waals surface area contributed by atoms with Crippen molar-refractivity contribution in [1.29, 1.82) is 0 Å². The molecule has 8 rings (SSSR count). The van der Waals surface area contributed by atoms with E-state index in [-0.39, 0.29) is 0 Å². The molecular formula is C47H42Cl2N4O4. The lowest BCUT2D eigenvalue weighted by Gasteiger charge is -2.09. The van der Waals surface area contributed by atoms with Crippen LogP contribution in [0.25, 0.3) is 43.6 Å². The quantitative estimate of drug-likeness (QED) is 0.0714.